The zero-order chi connectivity index (χ0) is 19.6. The maximum absolute atomic E-state index is 14.5. The number of hydrogen-bond acceptors (Lipinski definition) is 5. The lowest BCUT2D eigenvalue weighted by Crippen LogP contribution is -2.30. The van der Waals surface area contributed by atoms with Crippen molar-refractivity contribution < 1.29 is 13.6 Å². The Morgan fingerprint density at radius 2 is 2.00 bits per heavy atom. The maximum atomic E-state index is 14.5. The first kappa shape index (κ1) is 19.2. The molecule has 0 radical (unpaired) electrons. The van der Waals surface area contributed by atoms with E-state index in [0.29, 0.717) is 23.1 Å². The van der Waals surface area contributed by atoms with Crippen LogP contribution in [0.3, 0.4) is 0 Å². The van der Waals surface area contributed by atoms with Gasteiger partial charge in [-0.05, 0) is 58.2 Å². The molecule has 0 unspecified atom stereocenters. The van der Waals surface area contributed by atoms with E-state index in [4.69, 9.17) is 4.42 Å². The minimum absolute atomic E-state index is 0.190. The number of aryl methyl sites for hydroxylation is 1. The minimum Gasteiger partial charge on any atom is -0.428 e. The van der Waals surface area contributed by atoms with Crippen molar-refractivity contribution >= 4 is 23.3 Å². The second kappa shape index (κ2) is 7.98. The predicted octanol–water partition coefficient (Wildman–Crippen LogP) is 4.21. The zero-order valence-electron chi connectivity index (χ0n) is 16.4. The molecular formula is C20H27FN4O2. The van der Waals surface area contributed by atoms with Gasteiger partial charge in [0.1, 0.15) is 11.6 Å². The number of carbonyl (C=O) groups excluding carboxylic acids is 1. The van der Waals surface area contributed by atoms with Crippen molar-refractivity contribution in [2.75, 3.05) is 35.3 Å². The van der Waals surface area contributed by atoms with Crippen LogP contribution in [0.4, 0.5) is 21.8 Å². The standard InChI is InChI=1S/C20H27FN4O2/c1-13(2)24(4)20-23-18(14(3)27-20)19(26)22-15-8-9-17(16(21)12-15)25-10-6-5-7-11-25/h8-9,12-13H,5-7,10-11H2,1-4H3,(H,22,26). The van der Waals surface area contributed by atoms with Gasteiger partial charge >= 0.3 is 0 Å². The number of halogens is 1. The molecule has 1 aliphatic rings. The number of hydrogen-bond donors (Lipinski definition) is 1. The number of aromatic nitrogens is 1. The largest absolute Gasteiger partial charge is 0.428 e. The Morgan fingerprint density at radius 1 is 1.30 bits per heavy atom. The van der Waals surface area contributed by atoms with Crippen LogP contribution in [0, 0.1) is 12.7 Å². The van der Waals surface area contributed by atoms with Gasteiger partial charge in [0.05, 0.1) is 5.69 Å². The summed E-state index contributed by atoms with van der Waals surface area (Å²) in [5.74, 6) is -0.308. The van der Waals surface area contributed by atoms with Crippen LogP contribution >= 0.6 is 0 Å². The highest BCUT2D eigenvalue weighted by Crippen LogP contribution is 2.26. The first-order valence-corrected chi connectivity index (χ1v) is 9.43. The summed E-state index contributed by atoms with van der Waals surface area (Å²) in [6.45, 7) is 7.44. The van der Waals surface area contributed by atoms with Crippen LogP contribution in [-0.2, 0) is 0 Å². The van der Waals surface area contributed by atoms with Gasteiger partial charge in [-0.25, -0.2) is 4.39 Å². The second-order valence-corrected chi connectivity index (χ2v) is 7.27. The van der Waals surface area contributed by atoms with Crippen molar-refractivity contribution in [2.45, 2.75) is 46.1 Å². The van der Waals surface area contributed by atoms with Gasteiger partial charge in [-0.15, -0.1) is 0 Å². The molecular weight excluding hydrogens is 347 g/mol. The van der Waals surface area contributed by atoms with E-state index in [1.807, 2.05) is 25.8 Å². The summed E-state index contributed by atoms with van der Waals surface area (Å²) in [6, 6.07) is 5.39. The molecule has 6 nitrogen and oxygen atoms in total. The molecule has 0 bridgehead atoms. The fourth-order valence-corrected chi connectivity index (χ4v) is 3.13. The van der Waals surface area contributed by atoms with Crippen LogP contribution < -0.4 is 15.1 Å². The van der Waals surface area contributed by atoms with Crippen LogP contribution in [0.15, 0.2) is 22.6 Å². The summed E-state index contributed by atoms with van der Waals surface area (Å²) < 4.78 is 20.1. The molecule has 2 heterocycles. The molecule has 1 N–H and O–H groups in total. The van der Waals surface area contributed by atoms with Crippen LogP contribution in [0.2, 0.25) is 0 Å². The average molecular weight is 374 g/mol. The van der Waals surface area contributed by atoms with Gasteiger partial charge in [-0.3, -0.25) is 4.79 Å². The Labute approximate surface area is 159 Å². The Balaban J connectivity index is 1.73. The van der Waals surface area contributed by atoms with Crippen LogP contribution in [-0.4, -0.2) is 37.1 Å². The summed E-state index contributed by atoms with van der Waals surface area (Å²) in [5, 5.41) is 2.71. The smallest absolute Gasteiger partial charge is 0.298 e. The Kier molecular flexibility index (Phi) is 5.68. The first-order chi connectivity index (χ1) is 12.9. The molecule has 0 spiro atoms. The highest BCUT2D eigenvalue weighted by Gasteiger charge is 2.21. The van der Waals surface area contributed by atoms with Gasteiger partial charge in [0.25, 0.3) is 11.9 Å². The van der Waals surface area contributed by atoms with Crippen molar-refractivity contribution in [3.8, 4) is 0 Å². The maximum Gasteiger partial charge on any atom is 0.298 e. The summed E-state index contributed by atoms with van der Waals surface area (Å²) >= 11 is 0. The lowest BCUT2D eigenvalue weighted by atomic mass is 10.1. The fraction of sp³-hybridized carbons (Fsp3) is 0.500. The predicted molar refractivity (Wildman–Crippen MR) is 105 cm³/mol. The Hall–Kier alpha value is -2.57. The highest BCUT2D eigenvalue weighted by atomic mass is 19.1. The summed E-state index contributed by atoms with van der Waals surface area (Å²) in [7, 11) is 1.85. The Bertz CT molecular complexity index is 812. The SMILES string of the molecule is Cc1oc(N(C)C(C)C)nc1C(=O)Nc1ccc(N2CCCCC2)c(F)c1. The van der Waals surface area contributed by atoms with Gasteiger partial charge in [0.2, 0.25) is 0 Å². The van der Waals surface area contributed by atoms with E-state index in [0.717, 1.165) is 25.9 Å². The number of carbonyl (C=O) groups is 1. The van der Waals surface area contributed by atoms with Crippen molar-refractivity contribution in [1.29, 1.82) is 0 Å². The third kappa shape index (κ3) is 4.23. The van der Waals surface area contributed by atoms with Crippen LogP contribution in [0.5, 0.6) is 0 Å². The van der Waals surface area contributed by atoms with Crippen molar-refractivity contribution in [2.24, 2.45) is 0 Å². The van der Waals surface area contributed by atoms with Gasteiger partial charge < -0.3 is 19.5 Å². The molecule has 2 aromatic rings. The van der Waals surface area contributed by atoms with E-state index < -0.39 is 5.91 Å². The number of benzene rings is 1. The molecule has 27 heavy (non-hydrogen) atoms. The number of rotatable bonds is 5. The first-order valence-electron chi connectivity index (χ1n) is 9.43. The van der Waals surface area contributed by atoms with Crippen molar-refractivity contribution in [3.63, 3.8) is 0 Å². The van der Waals surface area contributed by atoms with E-state index in [2.05, 4.69) is 15.2 Å². The molecule has 1 saturated heterocycles. The van der Waals surface area contributed by atoms with E-state index in [9.17, 15) is 9.18 Å². The quantitative estimate of drug-likeness (QED) is 0.849. The molecule has 0 saturated carbocycles. The lowest BCUT2D eigenvalue weighted by molar-refractivity contribution is 0.102. The normalized spacial score (nSPS) is 14.5. The molecule has 0 atom stereocenters. The lowest BCUT2D eigenvalue weighted by Gasteiger charge is -2.29. The average Bonchev–Trinajstić information content (AvgIpc) is 3.03. The van der Waals surface area contributed by atoms with Crippen LogP contribution in [0.1, 0.15) is 49.4 Å². The summed E-state index contributed by atoms with van der Waals surface area (Å²) in [5.41, 5.74) is 1.20. The van der Waals surface area contributed by atoms with Gasteiger partial charge in [0, 0.05) is 31.9 Å². The molecule has 3 rings (SSSR count). The van der Waals surface area contributed by atoms with E-state index in [1.54, 1.807) is 19.1 Å². The fourth-order valence-electron chi connectivity index (χ4n) is 3.13. The topological polar surface area (TPSA) is 61.6 Å². The number of anilines is 3. The molecule has 1 fully saturated rings. The molecule has 1 aliphatic heterocycles. The highest BCUT2D eigenvalue weighted by molar-refractivity contribution is 6.03. The van der Waals surface area contributed by atoms with Gasteiger partial charge in [-0.1, -0.05) is 0 Å². The number of amides is 1. The second-order valence-electron chi connectivity index (χ2n) is 7.27. The minimum atomic E-state index is -0.412. The Morgan fingerprint density at radius 3 is 2.63 bits per heavy atom. The van der Waals surface area contributed by atoms with E-state index in [-0.39, 0.29) is 17.6 Å². The molecule has 1 amide bonds. The molecule has 0 aliphatic carbocycles. The van der Waals surface area contributed by atoms with E-state index in [1.165, 1.54) is 12.5 Å². The molecule has 7 heteroatoms. The molecule has 1 aromatic heterocycles. The monoisotopic (exact) mass is 374 g/mol. The van der Waals surface area contributed by atoms with Gasteiger partial charge in [-0.2, -0.15) is 4.98 Å². The number of nitrogens with zero attached hydrogens (tertiary/aromatic N) is 3. The third-order valence-electron chi connectivity index (χ3n) is 4.98. The molecule has 1 aromatic carbocycles. The number of nitrogens with one attached hydrogen (secondary N) is 1. The van der Waals surface area contributed by atoms with Crippen LogP contribution in [0.25, 0.3) is 0 Å². The third-order valence-corrected chi connectivity index (χ3v) is 4.98. The molecule has 146 valence electrons. The zero-order valence-corrected chi connectivity index (χ0v) is 16.4. The van der Waals surface area contributed by atoms with Crippen molar-refractivity contribution in [3.05, 3.63) is 35.5 Å². The summed E-state index contributed by atoms with van der Waals surface area (Å²) in [4.78, 5) is 20.7. The van der Waals surface area contributed by atoms with Gasteiger partial charge in [0.15, 0.2) is 5.69 Å². The number of piperidine rings is 1. The summed E-state index contributed by atoms with van der Waals surface area (Å²) in [6.07, 6.45) is 3.35. The number of oxazole rings is 1. The van der Waals surface area contributed by atoms with E-state index >= 15 is 0 Å². The van der Waals surface area contributed by atoms with Crippen molar-refractivity contribution in [1.82, 2.24) is 4.98 Å².